The summed E-state index contributed by atoms with van der Waals surface area (Å²) in [5.41, 5.74) is 0.185. The molecule has 1 atom stereocenters. The van der Waals surface area contributed by atoms with Gasteiger partial charge < -0.3 is 9.73 Å². The van der Waals surface area contributed by atoms with E-state index in [1.165, 1.54) is 10.6 Å². The van der Waals surface area contributed by atoms with E-state index in [-0.39, 0.29) is 17.2 Å². The lowest BCUT2D eigenvalue weighted by atomic mass is 10.1. The van der Waals surface area contributed by atoms with Crippen molar-refractivity contribution in [2.24, 2.45) is 0 Å². The minimum atomic E-state index is -0.410. The quantitative estimate of drug-likeness (QED) is 0.782. The van der Waals surface area contributed by atoms with Gasteiger partial charge in [-0.1, -0.05) is 6.07 Å². The molecule has 0 saturated carbocycles. The first-order chi connectivity index (χ1) is 11.1. The van der Waals surface area contributed by atoms with Crippen molar-refractivity contribution in [3.8, 4) is 0 Å². The number of aromatic nitrogens is 2. The van der Waals surface area contributed by atoms with Gasteiger partial charge in [-0.25, -0.2) is 4.98 Å². The zero-order valence-electron chi connectivity index (χ0n) is 12.7. The lowest BCUT2D eigenvalue weighted by molar-refractivity contribution is 0.0936. The fraction of sp³-hybridized carbons (Fsp3) is 0.235. The fourth-order valence-corrected chi connectivity index (χ4v) is 2.37. The van der Waals surface area contributed by atoms with Crippen LogP contribution in [-0.2, 0) is 6.42 Å². The summed E-state index contributed by atoms with van der Waals surface area (Å²) in [6, 6.07) is 8.88. The molecule has 0 spiro atoms. The van der Waals surface area contributed by atoms with E-state index >= 15 is 0 Å². The summed E-state index contributed by atoms with van der Waals surface area (Å²) in [7, 11) is 0. The zero-order chi connectivity index (χ0) is 16.2. The van der Waals surface area contributed by atoms with Crippen molar-refractivity contribution in [2.75, 3.05) is 0 Å². The molecule has 0 unspecified atom stereocenters. The van der Waals surface area contributed by atoms with Gasteiger partial charge in [-0.3, -0.25) is 14.0 Å². The van der Waals surface area contributed by atoms with Crippen molar-refractivity contribution in [1.29, 1.82) is 0 Å². The predicted octanol–water partition coefficient (Wildman–Crippen LogP) is 2.04. The molecule has 0 aliphatic rings. The number of amides is 1. The summed E-state index contributed by atoms with van der Waals surface area (Å²) in [6.45, 7) is 1.90. The summed E-state index contributed by atoms with van der Waals surface area (Å²) < 4.78 is 6.63. The minimum Gasteiger partial charge on any atom is -0.469 e. The number of carbonyl (C=O) groups is 1. The third-order valence-corrected chi connectivity index (χ3v) is 3.64. The highest BCUT2D eigenvalue weighted by atomic mass is 16.3. The standard InChI is InChI=1S/C17H17N3O3/c1-12(7-8-13-5-4-10-23-13)19-16(21)14-11-18-15-6-2-3-9-20(15)17(14)22/h2-6,9-12H,7-8H2,1H3,(H,19,21)/t12-/m1/s1. The largest absolute Gasteiger partial charge is 0.469 e. The molecular weight excluding hydrogens is 294 g/mol. The normalized spacial score (nSPS) is 12.2. The maximum Gasteiger partial charge on any atom is 0.270 e. The third-order valence-electron chi connectivity index (χ3n) is 3.64. The van der Waals surface area contributed by atoms with Gasteiger partial charge in [0.05, 0.1) is 6.26 Å². The summed E-state index contributed by atoms with van der Waals surface area (Å²) >= 11 is 0. The number of hydrogen-bond acceptors (Lipinski definition) is 4. The van der Waals surface area contributed by atoms with E-state index in [1.807, 2.05) is 19.1 Å². The highest BCUT2D eigenvalue weighted by molar-refractivity contribution is 5.93. The Bertz CT molecular complexity index is 868. The van der Waals surface area contributed by atoms with Crippen LogP contribution in [0.2, 0.25) is 0 Å². The van der Waals surface area contributed by atoms with Crippen molar-refractivity contribution < 1.29 is 9.21 Å². The van der Waals surface area contributed by atoms with Crippen molar-refractivity contribution >= 4 is 11.6 Å². The second-order valence-corrected chi connectivity index (χ2v) is 5.40. The van der Waals surface area contributed by atoms with Gasteiger partial charge in [-0.2, -0.15) is 0 Å². The van der Waals surface area contributed by atoms with Crippen LogP contribution in [0, 0.1) is 0 Å². The monoisotopic (exact) mass is 311 g/mol. The topological polar surface area (TPSA) is 76.6 Å². The highest BCUT2D eigenvalue weighted by Gasteiger charge is 2.15. The SMILES string of the molecule is C[C@H](CCc1ccco1)NC(=O)c1cnc2ccccn2c1=O. The molecule has 6 nitrogen and oxygen atoms in total. The van der Waals surface area contributed by atoms with Gasteiger partial charge in [0, 0.05) is 24.9 Å². The number of aryl methyl sites for hydroxylation is 1. The molecule has 0 fully saturated rings. The van der Waals surface area contributed by atoms with Crippen molar-refractivity contribution in [2.45, 2.75) is 25.8 Å². The number of furan rings is 1. The molecule has 118 valence electrons. The first-order valence-electron chi connectivity index (χ1n) is 7.45. The first-order valence-corrected chi connectivity index (χ1v) is 7.45. The van der Waals surface area contributed by atoms with E-state index in [0.717, 1.165) is 18.6 Å². The molecule has 0 aromatic carbocycles. The molecule has 0 aliphatic carbocycles. The Morgan fingerprint density at radius 1 is 1.35 bits per heavy atom. The van der Waals surface area contributed by atoms with Gasteiger partial charge in [-0.15, -0.1) is 0 Å². The van der Waals surface area contributed by atoms with Crippen molar-refractivity contribution in [3.05, 3.63) is 70.7 Å². The third kappa shape index (κ3) is 3.31. The molecular formula is C17H17N3O3. The number of carbonyl (C=O) groups excluding carboxylic acids is 1. The maximum absolute atomic E-state index is 12.3. The lowest BCUT2D eigenvalue weighted by Crippen LogP contribution is -2.37. The van der Waals surface area contributed by atoms with Gasteiger partial charge >= 0.3 is 0 Å². The molecule has 0 radical (unpaired) electrons. The van der Waals surface area contributed by atoms with Gasteiger partial charge in [0.2, 0.25) is 0 Å². The van der Waals surface area contributed by atoms with E-state index in [2.05, 4.69) is 10.3 Å². The van der Waals surface area contributed by atoms with Crippen LogP contribution in [0.4, 0.5) is 0 Å². The highest BCUT2D eigenvalue weighted by Crippen LogP contribution is 2.06. The number of nitrogens with zero attached hydrogens (tertiary/aromatic N) is 2. The molecule has 23 heavy (non-hydrogen) atoms. The van der Waals surface area contributed by atoms with Crippen LogP contribution in [0.3, 0.4) is 0 Å². The predicted molar refractivity (Wildman–Crippen MR) is 85.4 cm³/mol. The van der Waals surface area contributed by atoms with E-state index in [1.54, 1.807) is 30.7 Å². The van der Waals surface area contributed by atoms with Crippen LogP contribution in [0.25, 0.3) is 5.65 Å². The molecule has 6 heteroatoms. The number of hydrogen-bond donors (Lipinski definition) is 1. The van der Waals surface area contributed by atoms with Crippen molar-refractivity contribution in [3.63, 3.8) is 0 Å². The summed E-state index contributed by atoms with van der Waals surface area (Å²) in [5, 5.41) is 2.83. The van der Waals surface area contributed by atoms with Crippen LogP contribution in [-0.4, -0.2) is 21.3 Å². The number of pyridine rings is 1. The van der Waals surface area contributed by atoms with E-state index in [0.29, 0.717) is 5.65 Å². The van der Waals surface area contributed by atoms with Crippen LogP contribution in [0.15, 0.2) is 58.2 Å². The fourth-order valence-electron chi connectivity index (χ4n) is 2.37. The smallest absolute Gasteiger partial charge is 0.270 e. The Hall–Kier alpha value is -2.89. The maximum atomic E-state index is 12.3. The molecule has 0 saturated heterocycles. The van der Waals surface area contributed by atoms with E-state index in [4.69, 9.17) is 4.42 Å². The summed E-state index contributed by atoms with van der Waals surface area (Å²) in [4.78, 5) is 28.8. The Morgan fingerprint density at radius 3 is 3.00 bits per heavy atom. The van der Waals surface area contributed by atoms with Crippen LogP contribution in [0.5, 0.6) is 0 Å². The van der Waals surface area contributed by atoms with Gasteiger partial charge in [0.15, 0.2) is 0 Å². The van der Waals surface area contributed by atoms with E-state index in [9.17, 15) is 9.59 Å². The van der Waals surface area contributed by atoms with Crippen LogP contribution < -0.4 is 10.9 Å². The average molecular weight is 311 g/mol. The molecule has 1 amide bonds. The molecule has 3 aromatic heterocycles. The Kier molecular flexibility index (Phi) is 4.23. The second kappa shape index (κ2) is 6.48. The summed E-state index contributed by atoms with van der Waals surface area (Å²) in [6.07, 6.45) is 6.00. The van der Waals surface area contributed by atoms with Crippen LogP contribution >= 0.6 is 0 Å². The number of rotatable bonds is 5. The Morgan fingerprint density at radius 2 is 2.22 bits per heavy atom. The van der Waals surface area contributed by atoms with Gasteiger partial charge in [-0.05, 0) is 37.6 Å². The molecule has 0 aliphatic heterocycles. The first kappa shape index (κ1) is 15.0. The number of nitrogens with one attached hydrogen (secondary N) is 1. The molecule has 3 heterocycles. The summed E-state index contributed by atoms with van der Waals surface area (Å²) in [5.74, 6) is 0.464. The lowest BCUT2D eigenvalue weighted by Gasteiger charge is -2.13. The molecule has 3 aromatic rings. The molecule has 1 N–H and O–H groups in total. The molecule has 3 rings (SSSR count). The van der Waals surface area contributed by atoms with Crippen LogP contribution in [0.1, 0.15) is 29.5 Å². The Labute approximate surface area is 132 Å². The Balaban J connectivity index is 1.70. The van der Waals surface area contributed by atoms with Gasteiger partial charge in [0.1, 0.15) is 17.0 Å². The number of fused-ring (bicyclic) bond motifs is 1. The minimum absolute atomic E-state index is 0.0403. The van der Waals surface area contributed by atoms with Gasteiger partial charge in [0.25, 0.3) is 11.5 Å². The zero-order valence-corrected chi connectivity index (χ0v) is 12.7. The molecule has 0 bridgehead atoms. The van der Waals surface area contributed by atoms with E-state index < -0.39 is 5.91 Å². The van der Waals surface area contributed by atoms with Crippen molar-refractivity contribution in [1.82, 2.24) is 14.7 Å². The second-order valence-electron chi connectivity index (χ2n) is 5.40. The average Bonchev–Trinajstić information content (AvgIpc) is 3.07.